The van der Waals surface area contributed by atoms with Gasteiger partial charge in [-0.2, -0.15) is 0 Å². The number of nitrogens with one attached hydrogen (secondary N) is 2. The van der Waals surface area contributed by atoms with Crippen molar-refractivity contribution < 1.29 is 24.4 Å². The van der Waals surface area contributed by atoms with Gasteiger partial charge in [0.1, 0.15) is 0 Å². The van der Waals surface area contributed by atoms with Crippen LogP contribution in [0.15, 0.2) is 24.3 Å². The topological polar surface area (TPSA) is 105 Å². The highest BCUT2D eigenvalue weighted by molar-refractivity contribution is 6.05. The van der Waals surface area contributed by atoms with Crippen LogP contribution in [0.3, 0.4) is 0 Å². The zero-order valence-electron chi connectivity index (χ0n) is 14.3. The van der Waals surface area contributed by atoms with Gasteiger partial charge < -0.3 is 15.0 Å². The highest BCUT2D eigenvalue weighted by Crippen LogP contribution is 2.11. The molecule has 3 rings (SSSR count). The van der Waals surface area contributed by atoms with Crippen molar-refractivity contribution in [2.75, 3.05) is 32.8 Å². The summed E-state index contributed by atoms with van der Waals surface area (Å²) in [4.78, 5) is 22.2. The van der Waals surface area contributed by atoms with Crippen LogP contribution in [0.1, 0.15) is 46.4 Å². The van der Waals surface area contributed by atoms with Gasteiger partial charge in [0.2, 0.25) is 0 Å². The zero-order valence-corrected chi connectivity index (χ0v) is 14.3. The summed E-state index contributed by atoms with van der Waals surface area (Å²) < 4.78 is 2.40. The molecule has 0 saturated carbocycles. The number of aromatic carboxylic acids is 1. The van der Waals surface area contributed by atoms with Crippen molar-refractivity contribution in [3.8, 4) is 0 Å². The SMILES string of the molecule is C1CNC2=[N+](C1)CCCN2.O=C([O-])c1ccccc1C(=O)CCCO. The lowest BCUT2D eigenvalue weighted by molar-refractivity contribution is -0.539. The second-order valence-electron chi connectivity index (χ2n) is 5.98. The normalized spacial score (nSPS) is 15.9. The number of guanidine groups is 1. The number of Topliss-reactive ketones (excluding diaryl/α,β-unsaturated/α-hetero) is 1. The summed E-state index contributed by atoms with van der Waals surface area (Å²) in [5, 5.41) is 26.0. The van der Waals surface area contributed by atoms with Crippen molar-refractivity contribution in [2.45, 2.75) is 25.7 Å². The number of carboxylic acid groups (broad SMARTS) is 1. The maximum Gasteiger partial charge on any atom is 0.345 e. The molecule has 0 spiro atoms. The Morgan fingerprint density at radius 2 is 1.68 bits per heavy atom. The maximum absolute atomic E-state index is 11.5. The van der Waals surface area contributed by atoms with Crippen molar-refractivity contribution in [1.82, 2.24) is 10.6 Å². The van der Waals surface area contributed by atoms with E-state index in [1.165, 1.54) is 50.1 Å². The van der Waals surface area contributed by atoms with Gasteiger partial charge in [0, 0.05) is 37.0 Å². The van der Waals surface area contributed by atoms with Crippen LogP contribution in [0, 0.1) is 0 Å². The summed E-state index contributed by atoms with van der Waals surface area (Å²) >= 11 is 0. The Kier molecular flexibility index (Phi) is 7.40. The Bertz CT molecular complexity index is 609. The van der Waals surface area contributed by atoms with Crippen LogP contribution in [-0.2, 0) is 0 Å². The van der Waals surface area contributed by atoms with E-state index >= 15 is 0 Å². The molecule has 2 aliphatic rings. The lowest BCUT2D eigenvalue weighted by atomic mass is 10.0. The fourth-order valence-electron chi connectivity index (χ4n) is 2.85. The second kappa shape index (κ2) is 9.78. The minimum atomic E-state index is -1.36. The van der Waals surface area contributed by atoms with Crippen LogP contribution >= 0.6 is 0 Å². The molecule has 0 aromatic heterocycles. The number of hydrogen-bond acceptors (Lipinski definition) is 6. The number of carboxylic acids is 1. The number of carbonyl (C=O) groups excluding carboxylic acids is 2. The standard InChI is InChI=1S/C11H12O4.C7H13N3/c12-7-3-6-10(13)8-4-1-2-5-9(8)11(14)15;1-3-8-7-9-4-2-6-10(7)5-1/h1-2,4-5,12H,3,6-7H2,(H,14,15);1-6H2,(H,8,9). The van der Waals surface area contributed by atoms with Crippen molar-refractivity contribution in [1.29, 1.82) is 0 Å². The van der Waals surface area contributed by atoms with E-state index in [4.69, 9.17) is 5.11 Å². The highest BCUT2D eigenvalue weighted by Gasteiger charge is 2.19. The molecule has 25 heavy (non-hydrogen) atoms. The van der Waals surface area contributed by atoms with Gasteiger partial charge in [0.05, 0.1) is 32.1 Å². The third-order valence-corrected chi connectivity index (χ3v) is 4.12. The van der Waals surface area contributed by atoms with Crippen molar-refractivity contribution in [3.63, 3.8) is 0 Å². The van der Waals surface area contributed by atoms with Crippen molar-refractivity contribution in [2.24, 2.45) is 0 Å². The number of rotatable bonds is 5. The van der Waals surface area contributed by atoms with E-state index in [-0.39, 0.29) is 29.9 Å². The Morgan fingerprint density at radius 3 is 2.20 bits per heavy atom. The summed E-state index contributed by atoms with van der Waals surface area (Å²) in [6.45, 7) is 4.65. The summed E-state index contributed by atoms with van der Waals surface area (Å²) in [7, 11) is 0. The van der Waals surface area contributed by atoms with E-state index in [0.717, 1.165) is 13.1 Å². The Morgan fingerprint density at radius 1 is 1.08 bits per heavy atom. The smallest absolute Gasteiger partial charge is 0.345 e. The average molecular weight is 347 g/mol. The van der Waals surface area contributed by atoms with E-state index < -0.39 is 5.97 Å². The van der Waals surface area contributed by atoms with Crippen LogP contribution < -0.4 is 15.7 Å². The van der Waals surface area contributed by atoms with Gasteiger partial charge in [-0.25, -0.2) is 0 Å². The van der Waals surface area contributed by atoms with Gasteiger partial charge in [-0.05, 0) is 6.42 Å². The minimum Gasteiger partial charge on any atom is -0.545 e. The van der Waals surface area contributed by atoms with E-state index in [0.29, 0.717) is 6.42 Å². The monoisotopic (exact) mass is 347 g/mol. The van der Waals surface area contributed by atoms with Crippen LogP contribution in [0.25, 0.3) is 0 Å². The molecule has 3 N–H and O–H groups in total. The molecule has 0 radical (unpaired) electrons. The average Bonchev–Trinajstić information content (AvgIpc) is 2.66. The quantitative estimate of drug-likeness (QED) is 0.483. The van der Waals surface area contributed by atoms with Crippen LogP contribution in [0.4, 0.5) is 0 Å². The molecule has 0 atom stereocenters. The minimum absolute atomic E-state index is 0.0841. The first-order valence-corrected chi connectivity index (χ1v) is 8.67. The largest absolute Gasteiger partial charge is 0.545 e. The maximum atomic E-state index is 11.5. The Hall–Kier alpha value is -2.41. The predicted molar refractivity (Wildman–Crippen MR) is 91.7 cm³/mol. The van der Waals surface area contributed by atoms with E-state index in [1.54, 1.807) is 6.07 Å². The molecule has 2 heterocycles. The Balaban J connectivity index is 0.000000194. The van der Waals surface area contributed by atoms with Gasteiger partial charge in [0.15, 0.2) is 5.78 Å². The predicted octanol–water partition coefficient (Wildman–Crippen LogP) is -0.653. The van der Waals surface area contributed by atoms with Crippen molar-refractivity contribution in [3.05, 3.63) is 35.4 Å². The lowest BCUT2D eigenvalue weighted by Crippen LogP contribution is -2.52. The summed E-state index contributed by atoms with van der Waals surface area (Å²) in [5.41, 5.74) is 0.0476. The molecule has 0 aliphatic carbocycles. The molecule has 7 nitrogen and oxygen atoms in total. The molecular weight excluding hydrogens is 322 g/mol. The van der Waals surface area contributed by atoms with Crippen LogP contribution in [0.5, 0.6) is 0 Å². The van der Waals surface area contributed by atoms with Gasteiger partial charge in [0.25, 0.3) is 0 Å². The molecule has 1 aromatic carbocycles. The summed E-state index contributed by atoms with van der Waals surface area (Å²) in [6.07, 6.45) is 3.04. The lowest BCUT2D eigenvalue weighted by Gasteiger charge is -2.22. The molecular formula is C18H25N3O4. The summed E-state index contributed by atoms with van der Waals surface area (Å²) in [5.74, 6) is -0.385. The van der Waals surface area contributed by atoms with Crippen LogP contribution in [-0.4, -0.2) is 60.2 Å². The molecule has 0 amide bonds. The fourth-order valence-corrected chi connectivity index (χ4v) is 2.85. The van der Waals surface area contributed by atoms with E-state index in [1.807, 2.05) is 0 Å². The highest BCUT2D eigenvalue weighted by atomic mass is 16.4. The number of nitrogens with zero attached hydrogens (tertiary/aromatic N) is 1. The zero-order chi connectivity index (χ0) is 18.1. The first-order chi connectivity index (χ1) is 12.1. The third kappa shape index (κ3) is 5.56. The number of hydrogen-bond donors (Lipinski definition) is 3. The van der Waals surface area contributed by atoms with E-state index in [9.17, 15) is 14.7 Å². The first-order valence-electron chi connectivity index (χ1n) is 8.67. The first kappa shape index (κ1) is 18.9. The number of aliphatic hydroxyl groups excluding tert-OH is 1. The number of benzene rings is 1. The molecule has 0 saturated heterocycles. The molecule has 0 fully saturated rings. The fraction of sp³-hybridized carbons (Fsp3) is 0.500. The third-order valence-electron chi connectivity index (χ3n) is 4.12. The number of carbonyl (C=O) groups is 2. The van der Waals surface area contributed by atoms with Gasteiger partial charge >= 0.3 is 5.96 Å². The second-order valence-corrected chi connectivity index (χ2v) is 5.98. The van der Waals surface area contributed by atoms with Crippen LogP contribution in [0.2, 0.25) is 0 Å². The molecule has 7 heteroatoms. The van der Waals surface area contributed by atoms with Gasteiger partial charge in [-0.3, -0.25) is 20.0 Å². The van der Waals surface area contributed by atoms with Gasteiger partial charge in [-0.15, -0.1) is 0 Å². The van der Waals surface area contributed by atoms with Crippen molar-refractivity contribution >= 4 is 17.7 Å². The van der Waals surface area contributed by atoms with E-state index in [2.05, 4.69) is 15.2 Å². The molecule has 2 aliphatic heterocycles. The number of ketones is 1. The molecule has 0 unspecified atom stereocenters. The molecule has 0 bridgehead atoms. The van der Waals surface area contributed by atoms with Gasteiger partial charge in [-0.1, -0.05) is 24.3 Å². The molecule has 1 aromatic rings. The number of aliphatic hydroxyl groups is 1. The Labute approximate surface area is 147 Å². The molecule has 136 valence electrons. The summed E-state index contributed by atoms with van der Waals surface area (Å²) in [6, 6.07) is 5.92.